The van der Waals surface area contributed by atoms with Gasteiger partial charge in [-0.05, 0) is 57.4 Å². The summed E-state index contributed by atoms with van der Waals surface area (Å²) in [6.07, 6.45) is 4.16. The number of benzene rings is 1. The minimum absolute atomic E-state index is 0.226. The zero-order valence-electron chi connectivity index (χ0n) is 11.9. The Bertz CT molecular complexity index is 622. The molecule has 20 heavy (non-hydrogen) atoms. The number of halogens is 1. The highest BCUT2D eigenvalue weighted by Gasteiger charge is 2.35. The fraction of sp³-hybridized carbons (Fsp3) is 0.353. The van der Waals surface area contributed by atoms with Crippen LogP contribution in [0.4, 0.5) is 5.69 Å². The highest BCUT2D eigenvalue weighted by atomic mass is 79.9. The van der Waals surface area contributed by atoms with E-state index in [4.69, 9.17) is 0 Å². The smallest absolute Gasteiger partial charge is 0.129 e. The molecule has 1 unspecified atom stereocenters. The van der Waals surface area contributed by atoms with Crippen molar-refractivity contribution in [2.45, 2.75) is 32.7 Å². The van der Waals surface area contributed by atoms with Gasteiger partial charge in [-0.25, -0.2) is 4.98 Å². The Balaban J connectivity index is 2.00. The van der Waals surface area contributed by atoms with E-state index in [1.807, 2.05) is 6.07 Å². The molecule has 0 amide bonds. The molecule has 3 rings (SSSR count). The van der Waals surface area contributed by atoms with E-state index in [2.05, 4.69) is 70.4 Å². The Morgan fingerprint density at radius 1 is 1.20 bits per heavy atom. The molecule has 1 aliphatic carbocycles. The first-order chi connectivity index (χ1) is 9.58. The summed E-state index contributed by atoms with van der Waals surface area (Å²) >= 11 is 3.53. The number of aryl methyl sites for hydroxylation is 1. The van der Waals surface area contributed by atoms with E-state index in [1.54, 1.807) is 6.20 Å². The van der Waals surface area contributed by atoms with E-state index in [-0.39, 0.29) is 5.41 Å². The topological polar surface area (TPSA) is 24.9 Å². The molecule has 1 aromatic carbocycles. The molecule has 3 heteroatoms. The van der Waals surface area contributed by atoms with Crippen LogP contribution in [0.5, 0.6) is 0 Å². The summed E-state index contributed by atoms with van der Waals surface area (Å²) < 4.78 is 0.874. The molecular weight excluding hydrogens is 312 g/mol. The van der Waals surface area contributed by atoms with E-state index >= 15 is 0 Å². The third-order valence-corrected chi connectivity index (χ3v) is 4.88. The van der Waals surface area contributed by atoms with Crippen molar-refractivity contribution in [3.63, 3.8) is 0 Å². The lowest BCUT2D eigenvalue weighted by Gasteiger charge is -2.41. The highest BCUT2D eigenvalue weighted by Crippen LogP contribution is 2.45. The van der Waals surface area contributed by atoms with Crippen LogP contribution in [-0.4, -0.2) is 4.98 Å². The number of aromatic nitrogens is 1. The van der Waals surface area contributed by atoms with Gasteiger partial charge >= 0.3 is 0 Å². The maximum Gasteiger partial charge on any atom is 0.129 e. The zero-order chi connectivity index (χ0) is 14.2. The van der Waals surface area contributed by atoms with Crippen molar-refractivity contribution in [1.29, 1.82) is 0 Å². The lowest BCUT2D eigenvalue weighted by molar-refractivity contribution is 0.265. The van der Waals surface area contributed by atoms with Crippen molar-refractivity contribution in [3.05, 3.63) is 58.3 Å². The SMILES string of the molecule is CC1(C)CCc2ccccc2C1Nc1cccnc1Br. The Hall–Kier alpha value is -1.35. The van der Waals surface area contributed by atoms with Gasteiger partial charge in [-0.15, -0.1) is 0 Å². The molecule has 1 atom stereocenters. The monoisotopic (exact) mass is 330 g/mol. The maximum atomic E-state index is 4.30. The van der Waals surface area contributed by atoms with Crippen LogP contribution in [0.3, 0.4) is 0 Å². The van der Waals surface area contributed by atoms with Crippen molar-refractivity contribution in [1.82, 2.24) is 4.98 Å². The van der Waals surface area contributed by atoms with E-state index < -0.39 is 0 Å². The minimum atomic E-state index is 0.226. The van der Waals surface area contributed by atoms with Crippen LogP contribution in [0.1, 0.15) is 37.4 Å². The van der Waals surface area contributed by atoms with Gasteiger partial charge in [-0.2, -0.15) is 0 Å². The summed E-state index contributed by atoms with van der Waals surface area (Å²) in [4.78, 5) is 4.30. The lowest BCUT2D eigenvalue weighted by Crippen LogP contribution is -2.33. The Morgan fingerprint density at radius 2 is 2.00 bits per heavy atom. The van der Waals surface area contributed by atoms with Gasteiger partial charge in [0.15, 0.2) is 0 Å². The molecule has 1 aliphatic rings. The summed E-state index contributed by atoms with van der Waals surface area (Å²) in [5.74, 6) is 0. The molecule has 2 nitrogen and oxygen atoms in total. The van der Waals surface area contributed by atoms with Crippen LogP contribution in [0.2, 0.25) is 0 Å². The Morgan fingerprint density at radius 3 is 2.80 bits per heavy atom. The second-order valence-corrected chi connectivity index (χ2v) is 6.86. The summed E-state index contributed by atoms with van der Waals surface area (Å²) in [7, 11) is 0. The summed E-state index contributed by atoms with van der Waals surface area (Å²) in [6, 6.07) is 13.1. The first-order valence-electron chi connectivity index (χ1n) is 7.03. The number of anilines is 1. The van der Waals surface area contributed by atoms with Gasteiger partial charge < -0.3 is 5.32 Å². The first-order valence-corrected chi connectivity index (χ1v) is 7.82. The summed E-state index contributed by atoms with van der Waals surface area (Å²) in [5, 5.41) is 3.69. The average molecular weight is 331 g/mol. The van der Waals surface area contributed by atoms with Crippen LogP contribution in [0.15, 0.2) is 47.2 Å². The molecule has 0 spiro atoms. The number of hydrogen-bond acceptors (Lipinski definition) is 2. The molecule has 2 aromatic rings. The number of nitrogens with one attached hydrogen (secondary N) is 1. The summed E-state index contributed by atoms with van der Waals surface area (Å²) in [6.45, 7) is 4.68. The van der Waals surface area contributed by atoms with Gasteiger partial charge in [-0.3, -0.25) is 0 Å². The van der Waals surface area contributed by atoms with Crippen LogP contribution in [0, 0.1) is 5.41 Å². The predicted molar refractivity (Wildman–Crippen MR) is 86.8 cm³/mol. The van der Waals surface area contributed by atoms with Gasteiger partial charge in [-0.1, -0.05) is 38.1 Å². The van der Waals surface area contributed by atoms with Gasteiger partial charge in [0.25, 0.3) is 0 Å². The third kappa shape index (κ3) is 2.47. The molecule has 0 aliphatic heterocycles. The van der Waals surface area contributed by atoms with Crippen molar-refractivity contribution in [2.24, 2.45) is 5.41 Å². The molecule has 0 fully saturated rings. The predicted octanol–water partition coefficient (Wildman–Crippen LogP) is 4.97. The molecule has 104 valence electrons. The van der Waals surface area contributed by atoms with E-state index in [9.17, 15) is 0 Å². The lowest BCUT2D eigenvalue weighted by atomic mass is 9.70. The van der Waals surface area contributed by atoms with Crippen molar-refractivity contribution in [2.75, 3.05) is 5.32 Å². The second-order valence-electron chi connectivity index (χ2n) is 6.11. The molecule has 0 saturated heterocycles. The fourth-order valence-electron chi connectivity index (χ4n) is 2.99. The van der Waals surface area contributed by atoms with Crippen molar-refractivity contribution >= 4 is 21.6 Å². The van der Waals surface area contributed by atoms with Gasteiger partial charge in [0.1, 0.15) is 4.60 Å². The molecule has 1 aromatic heterocycles. The number of fused-ring (bicyclic) bond motifs is 1. The average Bonchev–Trinajstić information content (AvgIpc) is 2.44. The van der Waals surface area contributed by atoms with Crippen LogP contribution in [0.25, 0.3) is 0 Å². The fourth-order valence-corrected chi connectivity index (χ4v) is 3.35. The largest absolute Gasteiger partial charge is 0.375 e. The van der Waals surface area contributed by atoms with E-state index in [0.717, 1.165) is 16.7 Å². The molecule has 0 saturated carbocycles. The van der Waals surface area contributed by atoms with Crippen LogP contribution >= 0.6 is 15.9 Å². The number of hydrogen-bond donors (Lipinski definition) is 1. The van der Waals surface area contributed by atoms with Gasteiger partial charge in [0.05, 0.1) is 11.7 Å². The van der Waals surface area contributed by atoms with Crippen molar-refractivity contribution < 1.29 is 0 Å². The number of rotatable bonds is 2. The van der Waals surface area contributed by atoms with Gasteiger partial charge in [0, 0.05) is 6.20 Å². The normalized spacial score (nSPS) is 20.2. The zero-order valence-corrected chi connectivity index (χ0v) is 13.4. The molecular formula is C17H19BrN2. The quantitative estimate of drug-likeness (QED) is 0.786. The van der Waals surface area contributed by atoms with Crippen LogP contribution < -0.4 is 5.32 Å². The molecule has 1 heterocycles. The molecule has 0 radical (unpaired) electrons. The highest BCUT2D eigenvalue weighted by molar-refractivity contribution is 9.10. The number of nitrogens with zero attached hydrogens (tertiary/aromatic N) is 1. The minimum Gasteiger partial charge on any atom is -0.375 e. The number of pyridine rings is 1. The standard InChI is InChI=1S/C17H19BrN2/c1-17(2)10-9-12-6-3-4-7-13(12)15(17)20-14-8-5-11-19-16(14)18/h3-8,11,15,20H,9-10H2,1-2H3. The molecule has 1 N–H and O–H groups in total. The third-order valence-electron chi connectivity index (χ3n) is 4.25. The van der Waals surface area contributed by atoms with Crippen molar-refractivity contribution in [3.8, 4) is 0 Å². The Kier molecular flexibility index (Phi) is 3.55. The van der Waals surface area contributed by atoms with Crippen LogP contribution in [-0.2, 0) is 6.42 Å². The maximum absolute atomic E-state index is 4.30. The molecule has 0 bridgehead atoms. The first kappa shape index (κ1) is 13.6. The van der Waals surface area contributed by atoms with E-state index in [1.165, 1.54) is 17.5 Å². The second kappa shape index (κ2) is 5.21. The summed E-state index contributed by atoms with van der Waals surface area (Å²) in [5.41, 5.74) is 4.16. The van der Waals surface area contributed by atoms with Gasteiger partial charge in [0.2, 0.25) is 0 Å². The van der Waals surface area contributed by atoms with E-state index in [0.29, 0.717) is 6.04 Å². The Labute approximate surface area is 128 Å².